The van der Waals surface area contributed by atoms with Gasteiger partial charge in [-0.1, -0.05) is 12.1 Å². The SMILES string of the molecule is Nc1nc2ccc3ccc(I)cc3c2c(=O)[nH]1. The van der Waals surface area contributed by atoms with Crippen LogP contribution in [0, 0.1) is 3.57 Å². The minimum Gasteiger partial charge on any atom is -0.369 e. The average Bonchev–Trinajstić information content (AvgIpc) is 2.27. The summed E-state index contributed by atoms with van der Waals surface area (Å²) in [4.78, 5) is 18.6. The van der Waals surface area contributed by atoms with Crippen LogP contribution in [0.3, 0.4) is 0 Å². The molecule has 5 heteroatoms. The van der Waals surface area contributed by atoms with Gasteiger partial charge in [0.05, 0.1) is 10.9 Å². The van der Waals surface area contributed by atoms with Crippen molar-refractivity contribution >= 4 is 50.2 Å². The molecule has 0 aliphatic heterocycles. The second-order valence-corrected chi connectivity index (χ2v) is 5.02. The molecule has 0 spiro atoms. The van der Waals surface area contributed by atoms with Crippen molar-refractivity contribution in [2.75, 3.05) is 5.73 Å². The quantitative estimate of drug-likeness (QED) is 0.488. The van der Waals surface area contributed by atoms with E-state index in [1.54, 1.807) is 0 Å². The van der Waals surface area contributed by atoms with Crippen LogP contribution in [0.5, 0.6) is 0 Å². The molecule has 3 aromatic rings. The predicted molar refractivity (Wildman–Crippen MR) is 77.0 cm³/mol. The number of nitrogen functional groups attached to an aromatic ring is 1. The molecule has 1 aromatic heterocycles. The molecule has 0 saturated carbocycles. The second kappa shape index (κ2) is 3.69. The largest absolute Gasteiger partial charge is 0.369 e. The molecule has 17 heavy (non-hydrogen) atoms. The number of hydrogen-bond donors (Lipinski definition) is 2. The van der Waals surface area contributed by atoms with Crippen LogP contribution in [0.1, 0.15) is 0 Å². The predicted octanol–water partition coefficient (Wildman–Crippen LogP) is 2.26. The molecule has 0 amide bonds. The van der Waals surface area contributed by atoms with Gasteiger partial charge in [0.25, 0.3) is 5.56 Å². The molecule has 1 heterocycles. The number of benzene rings is 2. The van der Waals surface area contributed by atoms with Gasteiger partial charge in [0, 0.05) is 3.57 Å². The van der Waals surface area contributed by atoms with Crippen molar-refractivity contribution in [2.45, 2.75) is 0 Å². The zero-order chi connectivity index (χ0) is 12.0. The Morgan fingerprint density at radius 2 is 2.00 bits per heavy atom. The number of anilines is 1. The second-order valence-electron chi connectivity index (χ2n) is 3.78. The van der Waals surface area contributed by atoms with Crippen molar-refractivity contribution in [3.05, 3.63) is 44.3 Å². The van der Waals surface area contributed by atoms with Gasteiger partial charge < -0.3 is 5.73 Å². The van der Waals surface area contributed by atoms with Crippen molar-refractivity contribution in [2.24, 2.45) is 0 Å². The summed E-state index contributed by atoms with van der Waals surface area (Å²) in [6.07, 6.45) is 0. The smallest absolute Gasteiger partial charge is 0.260 e. The Hall–Kier alpha value is -1.63. The van der Waals surface area contributed by atoms with E-state index in [1.165, 1.54) is 0 Å². The van der Waals surface area contributed by atoms with Gasteiger partial charge in [-0.15, -0.1) is 0 Å². The fraction of sp³-hybridized carbons (Fsp3) is 0. The lowest BCUT2D eigenvalue weighted by atomic mass is 10.1. The number of nitrogens with zero attached hydrogens (tertiary/aromatic N) is 1. The number of aromatic amines is 1. The highest BCUT2D eigenvalue weighted by Gasteiger charge is 2.06. The lowest BCUT2D eigenvalue weighted by molar-refractivity contribution is 1.19. The molecule has 0 atom stereocenters. The minimum atomic E-state index is -0.194. The minimum absolute atomic E-state index is 0.146. The maximum absolute atomic E-state index is 11.9. The van der Waals surface area contributed by atoms with Crippen molar-refractivity contribution in [3.8, 4) is 0 Å². The number of rotatable bonds is 0. The summed E-state index contributed by atoms with van der Waals surface area (Å²) >= 11 is 2.22. The average molecular weight is 337 g/mol. The van der Waals surface area contributed by atoms with E-state index >= 15 is 0 Å². The first-order valence-electron chi connectivity index (χ1n) is 5.03. The van der Waals surface area contributed by atoms with Crippen molar-refractivity contribution in [1.29, 1.82) is 0 Å². The van der Waals surface area contributed by atoms with Crippen molar-refractivity contribution in [1.82, 2.24) is 9.97 Å². The Balaban J connectivity index is 2.63. The number of fused-ring (bicyclic) bond motifs is 3. The lowest BCUT2D eigenvalue weighted by Gasteiger charge is -2.03. The Labute approximate surface area is 110 Å². The molecule has 0 radical (unpaired) electrons. The summed E-state index contributed by atoms with van der Waals surface area (Å²) in [7, 11) is 0. The fourth-order valence-corrected chi connectivity index (χ4v) is 2.44. The standard InChI is InChI=1S/C12H8IN3O/c13-7-3-1-6-2-4-9-10(8(6)5-7)11(17)16-12(14)15-9/h1-5H,(H3,14,15,16,17). The van der Waals surface area contributed by atoms with E-state index < -0.39 is 0 Å². The Morgan fingerprint density at radius 3 is 2.82 bits per heavy atom. The summed E-state index contributed by atoms with van der Waals surface area (Å²) in [6.45, 7) is 0. The molecule has 0 aliphatic rings. The van der Waals surface area contributed by atoms with Crippen LogP contribution in [0.4, 0.5) is 5.95 Å². The Bertz CT molecular complexity index is 795. The third-order valence-electron chi connectivity index (χ3n) is 2.67. The summed E-state index contributed by atoms with van der Waals surface area (Å²) in [5, 5.41) is 2.52. The van der Waals surface area contributed by atoms with E-state index in [2.05, 4.69) is 32.6 Å². The summed E-state index contributed by atoms with van der Waals surface area (Å²) in [5.74, 6) is 0.146. The molecule has 0 fully saturated rings. The molecule has 2 aromatic carbocycles. The van der Waals surface area contributed by atoms with Crippen LogP contribution in [-0.4, -0.2) is 9.97 Å². The summed E-state index contributed by atoms with van der Waals surface area (Å²) in [5.41, 5.74) is 5.96. The number of hydrogen-bond acceptors (Lipinski definition) is 3. The van der Waals surface area contributed by atoms with Gasteiger partial charge in [0.1, 0.15) is 0 Å². The maximum Gasteiger partial charge on any atom is 0.260 e. The molecule has 0 bridgehead atoms. The molecule has 0 saturated heterocycles. The highest BCUT2D eigenvalue weighted by molar-refractivity contribution is 14.1. The van der Waals surface area contributed by atoms with Gasteiger partial charge in [-0.2, -0.15) is 0 Å². The summed E-state index contributed by atoms with van der Waals surface area (Å²) < 4.78 is 1.08. The molecule has 4 nitrogen and oxygen atoms in total. The first-order chi connectivity index (χ1) is 8.15. The van der Waals surface area contributed by atoms with E-state index in [1.807, 2.05) is 30.3 Å². The summed E-state index contributed by atoms with van der Waals surface area (Å²) in [6, 6.07) is 9.74. The van der Waals surface area contributed by atoms with Crippen molar-refractivity contribution in [3.63, 3.8) is 0 Å². The number of aromatic nitrogens is 2. The van der Waals surface area contributed by atoms with E-state index in [0.717, 1.165) is 14.3 Å². The highest BCUT2D eigenvalue weighted by atomic mass is 127. The van der Waals surface area contributed by atoms with Crippen LogP contribution in [-0.2, 0) is 0 Å². The van der Waals surface area contributed by atoms with Crippen LogP contribution < -0.4 is 11.3 Å². The molecule has 0 unspecified atom stereocenters. The van der Waals surface area contributed by atoms with Crippen LogP contribution in [0.2, 0.25) is 0 Å². The van der Waals surface area contributed by atoms with E-state index in [0.29, 0.717) is 10.9 Å². The molecule has 0 aliphatic carbocycles. The van der Waals surface area contributed by atoms with E-state index in [4.69, 9.17) is 5.73 Å². The highest BCUT2D eigenvalue weighted by Crippen LogP contribution is 2.23. The first-order valence-corrected chi connectivity index (χ1v) is 6.11. The van der Waals surface area contributed by atoms with Crippen LogP contribution in [0.25, 0.3) is 21.7 Å². The van der Waals surface area contributed by atoms with Crippen LogP contribution in [0.15, 0.2) is 35.1 Å². The molecule has 3 rings (SSSR count). The fourth-order valence-electron chi connectivity index (χ4n) is 1.95. The number of halogens is 1. The maximum atomic E-state index is 11.9. The van der Waals surface area contributed by atoms with E-state index in [-0.39, 0.29) is 11.5 Å². The Kier molecular flexibility index (Phi) is 2.29. The first kappa shape index (κ1) is 10.5. The van der Waals surface area contributed by atoms with Gasteiger partial charge in [0.15, 0.2) is 0 Å². The van der Waals surface area contributed by atoms with Crippen molar-refractivity contribution < 1.29 is 0 Å². The van der Waals surface area contributed by atoms with Crippen LogP contribution >= 0.6 is 22.6 Å². The number of nitrogens with two attached hydrogens (primary N) is 1. The van der Waals surface area contributed by atoms with Gasteiger partial charge in [-0.3, -0.25) is 9.78 Å². The van der Waals surface area contributed by atoms with Gasteiger partial charge in [0.2, 0.25) is 5.95 Å². The third kappa shape index (κ3) is 1.66. The van der Waals surface area contributed by atoms with E-state index in [9.17, 15) is 4.79 Å². The van der Waals surface area contributed by atoms with Gasteiger partial charge >= 0.3 is 0 Å². The van der Waals surface area contributed by atoms with Gasteiger partial charge in [-0.05, 0) is 51.6 Å². The topological polar surface area (TPSA) is 71.8 Å². The monoisotopic (exact) mass is 337 g/mol. The Morgan fingerprint density at radius 1 is 1.24 bits per heavy atom. The molecule has 3 N–H and O–H groups in total. The number of H-pyrrole nitrogens is 1. The molecule has 84 valence electrons. The van der Waals surface area contributed by atoms with Gasteiger partial charge in [-0.25, -0.2) is 4.98 Å². The lowest BCUT2D eigenvalue weighted by Crippen LogP contribution is -2.11. The normalized spacial score (nSPS) is 11.1. The molecular weight excluding hydrogens is 329 g/mol. The third-order valence-corrected chi connectivity index (χ3v) is 3.34. The zero-order valence-electron chi connectivity index (χ0n) is 8.70. The number of nitrogens with one attached hydrogen (secondary N) is 1. The molecular formula is C12H8IN3O. The zero-order valence-corrected chi connectivity index (χ0v) is 10.9.